The minimum absolute atomic E-state index is 0.0882. The fourth-order valence-electron chi connectivity index (χ4n) is 2.29. The number of hydrazine groups is 1. The Hall–Kier alpha value is -2.04. The fraction of sp³-hybridized carbons (Fsp3) is 0.250. The zero-order chi connectivity index (χ0) is 14.5. The van der Waals surface area contributed by atoms with E-state index in [0.717, 1.165) is 28.2 Å². The molecule has 1 atom stereocenters. The minimum atomic E-state index is -0.0882. The summed E-state index contributed by atoms with van der Waals surface area (Å²) in [5.41, 5.74) is 6.07. The summed E-state index contributed by atoms with van der Waals surface area (Å²) in [6.07, 6.45) is 0. The first-order chi connectivity index (χ1) is 9.69. The largest absolute Gasteiger partial charge is 0.497 e. The average molecular weight is 272 g/mol. The van der Waals surface area contributed by atoms with Crippen LogP contribution in [0.15, 0.2) is 42.5 Å². The smallest absolute Gasteiger partial charge is 0.121 e. The van der Waals surface area contributed by atoms with Crippen molar-refractivity contribution in [3.8, 4) is 11.5 Å². The van der Waals surface area contributed by atoms with E-state index in [4.69, 9.17) is 15.3 Å². The number of methoxy groups -OCH3 is 2. The Morgan fingerprint density at radius 2 is 1.75 bits per heavy atom. The Bertz CT molecular complexity index is 584. The van der Waals surface area contributed by atoms with Gasteiger partial charge in [-0.3, -0.25) is 5.84 Å². The quantitative estimate of drug-likeness (QED) is 0.649. The van der Waals surface area contributed by atoms with Crippen LogP contribution in [0.4, 0.5) is 0 Å². The highest BCUT2D eigenvalue weighted by Gasteiger charge is 2.14. The van der Waals surface area contributed by atoms with Crippen LogP contribution in [0, 0.1) is 6.92 Å². The van der Waals surface area contributed by atoms with Crippen LogP contribution in [-0.2, 0) is 0 Å². The van der Waals surface area contributed by atoms with E-state index >= 15 is 0 Å². The molecule has 3 N–H and O–H groups in total. The molecule has 2 aromatic rings. The Kier molecular flexibility index (Phi) is 4.61. The lowest BCUT2D eigenvalue weighted by molar-refractivity contribution is 0.411. The molecule has 0 aliphatic carbocycles. The van der Waals surface area contributed by atoms with Gasteiger partial charge in [0.15, 0.2) is 0 Å². The molecule has 106 valence electrons. The maximum absolute atomic E-state index is 5.73. The zero-order valence-electron chi connectivity index (χ0n) is 12.0. The molecule has 0 aromatic heterocycles. The van der Waals surface area contributed by atoms with Crippen LogP contribution in [0.25, 0.3) is 0 Å². The number of aryl methyl sites for hydroxylation is 1. The van der Waals surface area contributed by atoms with Crippen molar-refractivity contribution in [3.05, 3.63) is 59.2 Å². The van der Waals surface area contributed by atoms with Gasteiger partial charge in [0.1, 0.15) is 11.5 Å². The lowest BCUT2D eigenvalue weighted by Crippen LogP contribution is -2.28. The second-order valence-electron chi connectivity index (χ2n) is 4.61. The van der Waals surface area contributed by atoms with E-state index in [1.165, 1.54) is 0 Å². The number of hydrogen-bond donors (Lipinski definition) is 2. The third-order valence-corrected chi connectivity index (χ3v) is 3.35. The fourth-order valence-corrected chi connectivity index (χ4v) is 2.29. The predicted molar refractivity (Wildman–Crippen MR) is 79.9 cm³/mol. The van der Waals surface area contributed by atoms with E-state index in [1.807, 2.05) is 43.3 Å². The zero-order valence-corrected chi connectivity index (χ0v) is 12.0. The van der Waals surface area contributed by atoms with Crippen LogP contribution in [0.1, 0.15) is 22.7 Å². The molecule has 20 heavy (non-hydrogen) atoms. The van der Waals surface area contributed by atoms with Gasteiger partial charge < -0.3 is 9.47 Å². The Morgan fingerprint density at radius 3 is 2.35 bits per heavy atom. The summed E-state index contributed by atoms with van der Waals surface area (Å²) in [5.74, 6) is 7.41. The van der Waals surface area contributed by atoms with Crippen LogP contribution in [-0.4, -0.2) is 14.2 Å². The van der Waals surface area contributed by atoms with Gasteiger partial charge in [-0.25, -0.2) is 5.43 Å². The number of hydrogen-bond acceptors (Lipinski definition) is 4. The Balaban J connectivity index is 2.38. The van der Waals surface area contributed by atoms with Gasteiger partial charge in [0, 0.05) is 0 Å². The van der Waals surface area contributed by atoms with Gasteiger partial charge in [0.05, 0.1) is 20.3 Å². The van der Waals surface area contributed by atoms with Crippen molar-refractivity contribution >= 4 is 0 Å². The first-order valence-corrected chi connectivity index (χ1v) is 6.44. The minimum Gasteiger partial charge on any atom is -0.497 e. The predicted octanol–water partition coefficient (Wildman–Crippen LogP) is 2.56. The van der Waals surface area contributed by atoms with Crippen molar-refractivity contribution in [2.24, 2.45) is 5.84 Å². The highest BCUT2D eigenvalue weighted by Crippen LogP contribution is 2.28. The lowest BCUT2D eigenvalue weighted by Gasteiger charge is -2.19. The number of benzene rings is 2. The molecular weight excluding hydrogens is 252 g/mol. The molecule has 4 nitrogen and oxygen atoms in total. The second-order valence-corrected chi connectivity index (χ2v) is 4.61. The van der Waals surface area contributed by atoms with Crippen molar-refractivity contribution < 1.29 is 9.47 Å². The number of nitrogens with two attached hydrogens (primary N) is 1. The van der Waals surface area contributed by atoms with Crippen LogP contribution >= 0.6 is 0 Å². The first kappa shape index (κ1) is 14.4. The number of ether oxygens (including phenoxy) is 2. The van der Waals surface area contributed by atoms with Crippen molar-refractivity contribution in [3.63, 3.8) is 0 Å². The SMILES string of the molecule is COc1cccc(C(NN)c2ccc(OC)c(C)c2)c1. The maximum Gasteiger partial charge on any atom is 0.121 e. The molecule has 0 aliphatic heterocycles. The summed E-state index contributed by atoms with van der Waals surface area (Å²) in [6.45, 7) is 2.02. The highest BCUT2D eigenvalue weighted by molar-refractivity contribution is 5.42. The monoisotopic (exact) mass is 272 g/mol. The van der Waals surface area contributed by atoms with Gasteiger partial charge in [-0.2, -0.15) is 0 Å². The molecule has 0 saturated heterocycles. The topological polar surface area (TPSA) is 56.5 Å². The van der Waals surface area contributed by atoms with E-state index in [2.05, 4.69) is 11.5 Å². The molecule has 0 fully saturated rings. The number of rotatable bonds is 5. The van der Waals surface area contributed by atoms with E-state index in [-0.39, 0.29) is 6.04 Å². The van der Waals surface area contributed by atoms with E-state index < -0.39 is 0 Å². The van der Waals surface area contributed by atoms with Crippen molar-refractivity contribution in [1.29, 1.82) is 0 Å². The summed E-state index contributed by atoms with van der Waals surface area (Å²) in [4.78, 5) is 0. The molecular formula is C16H20N2O2. The summed E-state index contributed by atoms with van der Waals surface area (Å²) in [5, 5.41) is 0. The molecule has 4 heteroatoms. The summed E-state index contributed by atoms with van der Waals surface area (Å²) >= 11 is 0. The van der Waals surface area contributed by atoms with Crippen LogP contribution in [0.2, 0.25) is 0 Å². The molecule has 0 bridgehead atoms. The van der Waals surface area contributed by atoms with Gasteiger partial charge in [0.25, 0.3) is 0 Å². The van der Waals surface area contributed by atoms with Crippen molar-refractivity contribution in [2.45, 2.75) is 13.0 Å². The third kappa shape index (κ3) is 2.92. The van der Waals surface area contributed by atoms with Crippen LogP contribution in [0.5, 0.6) is 11.5 Å². The molecule has 1 unspecified atom stereocenters. The van der Waals surface area contributed by atoms with Crippen molar-refractivity contribution in [1.82, 2.24) is 5.43 Å². The van der Waals surface area contributed by atoms with Gasteiger partial charge in [0.2, 0.25) is 0 Å². The molecule has 0 radical (unpaired) electrons. The summed E-state index contributed by atoms with van der Waals surface area (Å²) in [6, 6.07) is 13.8. The molecule has 0 spiro atoms. The molecule has 2 rings (SSSR count). The normalized spacial score (nSPS) is 12.0. The molecule has 0 heterocycles. The maximum atomic E-state index is 5.73. The van der Waals surface area contributed by atoms with Gasteiger partial charge >= 0.3 is 0 Å². The third-order valence-electron chi connectivity index (χ3n) is 3.35. The van der Waals surface area contributed by atoms with Gasteiger partial charge in [-0.15, -0.1) is 0 Å². The summed E-state index contributed by atoms with van der Waals surface area (Å²) in [7, 11) is 3.32. The van der Waals surface area contributed by atoms with Crippen LogP contribution in [0.3, 0.4) is 0 Å². The molecule has 0 amide bonds. The lowest BCUT2D eigenvalue weighted by atomic mass is 9.97. The standard InChI is InChI=1S/C16H20N2O2/c1-11-9-13(7-8-15(11)20-3)16(18-17)12-5-4-6-14(10-12)19-2/h4-10,16,18H,17H2,1-3H3. The van der Waals surface area contributed by atoms with Gasteiger partial charge in [-0.05, 0) is 41.8 Å². The molecule has 0 saturated carbocycles. The number of nitrogens with one attached hydrogen (secondary N) is 1. The highest BCUT2D eigenvalue weighted by atomic mass is 16.5. The Labute approximate surface area is 119 Å². The molecule has 2 aromatic carbocycles. The second kappa shape index (κ2) is 6.41. The van der Waals surface area contributed by atoms with Gasteiger partial charge in [-0.1, -0.05) is 24.3 Å². The van der Waals surface area contributed by atoms with E-state index in [9.17, 15) is 0 Å². The average Bonchev–Trinajstić information content (AvgIpc) is 2.48. The van der Waals surface area contributed by atoms with Crippen molar-refractivity contribution in [2.75, 3.05) is 14.2 Å². The molecule has 0 aliphatic rings. The van der Waals surface area contributed by atoms with E-state index in [0.29, 0.717) is 0 Å². The summed E-state index contributed by atoms with van der Waals surface area (Å²) < 4.78 is 10.5. The first-order valence-electron chi connectivity index (χ1n) is 6.44. The van der Waals surface area contributed by atoms with Crippen LogP contribution < -0.4 is 20.7 Å². The van der Waals surface area contributed by atoms with E-state index in [1.54, 1.807) is 14.2 Å². The Morgan fingerprint density at radius 1 is 1.00 bits per heavy atom.